The van der Waals surface area contributed by atoms with Crippen molar-refractivity contribution in [1.29, 1.82) is 0 Å². The van der Waals surface area contributed by atoms with Gasteiger partial charge >= 0.3 is 0 Å². The summed E-state index contributed by atoms with van der Waals surface area (Å²) in [6, 6.07) is 11.3. The lowest BCUT2D eigenvalue weighted by atomic mass is 10.1. The van der Waals surface area contributed by atoms with Gasteiger partial charge in [-0.1, -0.05) is 6.07 Å². The van der Waals surface area contributed by atoms with Gasteiger partial charge in [-0.15, -0.1) is 24.0 Å². The highest BCUT2D eigenvalue weighted by Crippen LogP contribution is 2.13. The molecule has 7 heteroatoms. The van der Waals surface area contributed by atoms with E-state index in [0.717, 1.165) is 11.3 Å². The summed E-state index contributed by atoms with van der Waals surface area (Å²) in [6.45, 7) is 3.90. The lowest BCUT2D eigenvalue weighted by Crippen LogP contribution is -2.25. The Morgan fingerprint density at radius 3 is 2.29 bits per heavy atom. The van der Waals surface area contributed by atoms with Crippen LogP contribution in [-0.2, 0) is 4.79 Å². The molecule has 0 atom stereocenters. The van der Waals surface area contributed by atoms with Crippen molar-refractivity contribution in [3.05, 3.63) is 59.4 Å². The molecule has 2 rings (SSSR count). The van der Waals surface area contributed by atoms with Crippen molar-refractivity contribution in [1.82, 2.24) is 0 Å². The van der Waals surface area contributed by atoms with E-state index in [1.165, 1.54) is 29.8 Å². The van der Waals surface area contributed by atoms with E-state index in [-0.39, 0.29) is 48.2 Å². The largest absolute Gasteiger partial charge is 0.370 e. The minimum atomic E-state index is -0.358. The number of guanidine groups is 1. The van der Waals surface area contributed by atoms with E-state index >= 15 is 0 Å². The van der Waals surface area contributed by atoms with E-state index < -0.39 is 0 Å². The first kappa shape index (κ1) is 19.9. The zero-order valence-electron chi connectivity index (χ0n) is 13.5. The molecule has 4 N–H and O–H groups in total. The molecule has 0 fully saturated rings. The fraction of sp³-hybridized carbons (Fsp3) is 0.176. The molecule has 0 heterocycles. The molecule has 0 bridgehead atoms. The smallest absolute Gasteiger partial charge is 0.246 e. The van der Waals surface area contributed by atoms with Crippen molar-refractivity contribution in [2.75, 3.05) is 17.2 Å². The fourth-order valence-electron chi connectivity index (χ4n) is 1.90. The number of anilines is 2. The van der Waals surface area contributed by atoms with E-state index in [9.17, 15) is 9.18 Å². The average molecular weight is 442 g/mol. The molecule has 0 aliphatic heterocycles. The van der Waals surface area contributed by atoms with Gasteiger partial charge in [0.1, 0.15) is 12.4 Å². The zero-order valence-corrected chi connectivity index (χ0v) is 15.8. The van der Waals surface area contributed by atoms with Crippen LogP contribution in [0.4, 0.5) is 15.8 Å². The zero-order chi connectivity index (χ0) is 16.8. The van der Waals surface area contributed by atoms with Gasteiger partial charge in [-0.25, -0.2) is 9.38 Å². The van der Waals surface area contributed by atoms with Crippen molar-refractivity contribution in [3.8, 4) is 0 Å². The first-order chi connectivity index (χ1) is 10.9. The lowest BCUT2D eigenvalue weighted by Gasteiger charge is -2.08. The van der Waals surface area contributed by atoms with E-state index in [1.54, 1.807) is 0 Å². The van der Waals surface area contributed by atoms with Crippen LogP contribution in [0.15, 0.2) is 47.5 Å². The lowest BCUT2D eigenvalue weighted by molar-refractivity contribution is -0.114. The first-order valence-electron chi connectivity index (χ1n) is 7.13. The van der Waals surface area contributed by atoms with Crippen LogP contribution in [0.25, 0.3) is 0 Å². The van der Waals surface area contributed by atoms with Crippen LogP contribution >= 0.6 is 24.0 Å². The number of nitrogens with one attached hydrogen (secondary N) is 2. The Morgan fingerprint density at radius 2 is 1.67 bits per heavy atom. The van der Waals surface area contributed by atoms with Crippen LogP contribution in [-0.4, -0.2) is 18.4 Å². The predicted molar refractivity (Wildman–Crippen MR) is 106 cm³/mol. The molecular weight excluding hydrogens is 422 g/mol. The number of hydrogen-bond acceptors (Lipinski definition) is 2. The number of rotatable bonds is 4. The Morgan fingerprint density at radius 1 is 1.04 bits per heavy atom. The van der Waals surface area contributed by atoms with Crippen LogP contribution in [0.5, 0.6) is 0 Å². The molecule has 2 aromatic carbocycles. The highest BCUT2D eigenvalue weighted by atomic mass is 127. The van der Waals surface area contributed by atoms with Crippen LogP contribution in [0.2, 0.25) is 0 Å². The van der Waals surface area contributed by atoms with Gasteiger partial charge in [0.05, 0.1) is 0 Å². The highest BCUT2D eigenvalue weighted by molar-refractivity contribution is 14.0. The number of nitrogens with two attached hydrogens (primary N) is 1. The third kappa shape index (κ3) is 6.15. The van der Waals surface area contributed by atoms with Crippen molar-refractivity contribution in [2.24, 2.45) is 10.7 Å². The molecule has 1 amide bonds. The van der Waals surface area contributed by atoms with E-state index in [1.807, 2.05) is 32.0 Å². The van der Waals surface area contributed by atoms with Crippen molar-refractivity contribution in [3.63, 3.8) is 0 Å². The van der Waals surface area contributed by atoms with Gasteiger partial charge in [0.25, 0.3) is 0 Å². The van der Waals surface area contributed by atoms with Crippen LogP contribution in [0.1, 0.15) is 11.1 Å². The molecule has 0 radical (unpaired) electrons. The molecule has 0 aliphatic rings. The Hall–Kier alpha value is -2.16. The second-order valence-electron chi connectivity index (χ2n) is 5.18. The maximum atomic E-state index is 12.8. The maximum absolute atomic E-state index is 12.8. The molecular formula is C17H20FIN4O. The summed E-state index contributed by atoms with van der Waals surface area (Å²) in [6.07, 6.45) is 0. The van der Waals surface area contributed by atoms with E-state index in [4.69, 9.17) is 5.73 Å². The summed E-state index contributed by atoms with van der Waals surface area (Å²) in [5, 5.41) is 5.54. The van der Waals surface area contributed by atoms with Crippen molar-refractivity contribution < 1.29 is 9.18 Å². The van der Waals surface area contributed by atoms with Gasteiger partial charge in [0.15, 0.2) is 5.96 Å². The number of halogens is 2. The Bertz CT molecular complexity index is 732. The minimum absolute atomic E-state index is 0. The number of hydrogen-bond donors (Lipinski definition) is 3. The van der Waals surface area contributed by atoms with Gasteiger partial charge in [-0.2, -0.15) is 0 Å². The summed E-state index contributed by atoms with van der Waals surface area (Å²) in [4.78, 5) is 15.7. The molecule has 128 valence electrons. The van der Waals surface area contributed by atoms with E-state index in [0.29, 0.717) is 5.69 Å². The quantitative estimate of drug-likeness (QED) is 0.386. The van der Waals surface area contributed by atoms with Crippen molar-refractivity contribution >= 4 is 47.2 Å². The topological polar surface area (TPSA) is 79.5 Å². The van der Waals surface area contributed by atoms with Crippen molar-refractivity contribution in [2.45, 2.75) is 13.8 Å². The Kier molecular flexibility index (Phi) is 7.63. The summed E-state index contributed by atoms with van der Waals surface area (Å²) >= 11 is 0. The molecule has 5 nitrogen and oxygen atoms in total. The number of nitrogens with zero attached hydrogens (tertiary/aromatic N) is 1. The second kappa shape index (κ2) is 9.21. The number of benzene rings is 2. The number of carbonyl (C=O) groups is 1. The average Bonchev–Trinajstić information content (AvgIpc) is 2.51. The fourth-order valence-corrected chi connectivity index (χ4v) is 1.90. The summed E-state index contributed by atoms with van der Waals surface area (Å²) in [5.74, 6) is -0.535. The minimum Gasteiger partial charge on any atom is -0.370 e. The Balaban J connectivity index is 0.00000288. The van der Waals surface area contributed by atoms with Gasteiger partial charge in [0, 0.05) is 11.4 Å². The molecule has 2 aromatic rings. The second-order valence-corrected chi connectivity index (χ2v) is 5.18. The molecule has 0 saturated heterocycles. The standard InChI is InChI=1S/C17H19FN4O.HI/c1-11-3-6-15(9-12(11)2)22-17(19)20-10-16(23)21-14-7-4-13(18)5-8-14;/h3-9H,10H2,1-2H3,(H,21,23)(H3,19,20,22);1H. The first-order valence-corrected chi connectivity index (χ1v) is 7.13. The third-order valence-electron chi connectivity index (χ3n) is 3.30. The predicted octanol–water partition coefficient (Wildman–Crippen LogP) is 3.43. The number of aliphatic imine (C=N–C) groups is 1. The Labute approximate surface area is 157 Å². The molecule has 0 unspecified atom stereocenters. The molecule has 24 heavy (non-hydrogen) atoms. The summed E-state index contributed by atoms with van der Waals surface area (Å²) in [5.41, 5.74) is 9.41. The van der Waals surface area contributed by atoms with Gasteiger partial charge < -0.3 is 16.4 Å². The summed E-state index contributed by atoms with van der Waals surface area (Å²) in [7, 11) is 0. The SMILES string of the molecule is Cc1ccc(NC(N)=NCC(=O)Nc2ccc(F)cc2)cc1C.I. The van der Waals surface area contributed by atoms with Crippen LogP contribution < -0.4 is 16.4 Å². The normalized spacial score (nSPS) is 10.7. The highest BCUT2D eigenvalue weighted by Gasteiger charge is 2.03. The van der Waals surface area contributed by atoms with Gasteiger partial charge in [-0.05, 0) is 61.4 Å². The molecule has 0 aromatic heterocycles. The maximum Gasteiger partial charge on any atom is 0.246 e. The third-order valence-corrected chi connectivity index (χ3v) is 3.30. The number of carbonyl (C=O) groups excluding carboxylic acids is 1. The van der Waals surface area contributed by atoms with Gasteiger partial charge in [-0.3, -0.25) is 4.79 Å². The van der Waals surface area contributed by atoms with Crippen LogP contribution in [0, 0.1) is 19.7 Å². The summed E-state index contributed by atoms with van der Waals surface area (Å²) < 4.78 is 12.8. The van der Waals surface area contributed by atoms with Gasteiger partial charge in [0.2, 0.25) is 5.91 Å². The number of amides is 1. The molecule has 0 spiro atoms. The monoisotopic (exact) mass is 442 g/mol. The molecule has 0 aliphatic carbocycles. The number of aryl methyl sites for hydroxylation is 2. The van der Waals surface area contributed by atoms with E-state index in [2.05, 4.69) is 15.6 Å². The molecule has 0 saturated carbocycles. The van der Waals surface area contributed by atoms with Crippen LogP contribution in [0.3, 0.4) is 0 Å².